The number of rotatable bonds is 8. The van der Waals surface area contributed by atoms with Gasteiger partial charge in [0.25, 0.3) is 0 Å². The third-order valence-electron chi connectivity index (χ3n) is 12.4. The van der Waals surface area contributed by atoms with Gasteiger partial charge in [-0.05, 0) is 79.0 Å². The molecule has 0 amide bonds. The minimum atomic E-state index is 0.576. The molecule has 4 heteroatoms. The average molecular weight is 830 g/mol. The van der Waals surface area contributed by atoms with Gasteiger partial charge in [0.15, 0.2) is 17.5 Å². The van der Waals surface area contributed by atoms with Crippen LogP contribution >= 0.6 is 0 Å². The first-order chi connectivity index (χ1) is 32.2. The topological polar surface area (TPSA) is 51.8 Å². The molecule has 12 rings (SSSR count). The fourth-order valence-electron chi connectivity index (χ4n) is 9.08. The first-order valence-corrected chi connectivity index (χ1v) is 21.9. The first-order valence-electron chi connectivity index (χ1n) is 21.9. The summed E-state index contributed by atoms with van der Waals surface area (Å²) in [5.41, 5.74) is 15.7. The molecular weight excluding hydrogens is 791 g/mol. The van der Waals surface area contributed by atoms with Gasteiger partial charge in [0.2, 0.25) is 0 Å². The molecule has 2 heterocycles. The molecular formula is C61H39N3O. The Kier molecular flexibility index (Phi) is 9.46. The average Bonchev–Trinajstić information content (AvgIpc) is 3.79. The summed E-state index contributed by atoms with van der Waals surface area (Å²) >= 11 is 0. The predicted octanol–water partition coefficient (Wildman–Crippen LogP) is 16.3. The van der Waals surface area contributed by atoms with E-state index in [1.165, 1.54) is 16.7 Å². The second-order valence-electron chi connectivity index (χ2n) is 16.3. The van der Waals surface area contributed by atoms with Crippen molar-refractivity contribution in [1.82, 2.24) is 15.0 Å². The van der Waals surface area contributed by atoms with Crippen LogP contribution in [0.5, 0.6) is 0 Å². The Bertz CT molecular complexity index is 3670. The monoisotopic (exact) mass is 829 g/mol. The van der Waals surface area contributed by atoms with E-state index in [1.807, 2.05) is 30.3 Å². The fraction of sp³-hybridized carbons (Fsp3) is 0. The number of fused-ring (bicyclic) bond motifs is 4. The van der Waals surface area contributed by atoms with E-state index in [2.05, 4.69) is 206 Å². The van der Waals surface area contributed by atoms with Gasteiger partial charge >= 0.3 is 0 Å². The first kappa shape index (κ1) is 38.0. The van der Waals surface area contributed by atoms with Crippen molar-refractivity contribution < 1.29 is 4.42 Å². The van der Waals surface area contributed by atoms with Crippen molar-refractivity contribution in [1.29, 1.82) is 0 Å². The van der Waals surface area contributed by atoms with Crippen LogP contribution < -0.4 is 0 Å². The van der Waals surface area contributed by atoms with Crippen LogP contribution in [0, 0.1) is 0 Å². The molecule has 0 saturated heterocycles. The van der Waals surface area contributed by atoms with Crippen LogP contribution in [-0.2, 0) is 0 Å². The molecule has 0 atom stereocenters. The van der Waals surface area contributed by atoms with Gasteiger partial charge in [0.05, 0.1) is 0 Å². The maximum absolute atomic E-state index is 6.80. The van der Waals surface area contributed by atoms with Crippen molar-refractivity contribution in [3.63, 3.8) is 0 Å². The molecule has 0 aliphatic heterocycles. The molecule has 0 unspecified atom stereocenters. The van der Waals surface area contributed by atoms with Crippen molar-refractivity contribution in [3.05, 3.63) is 237 Å². The second-order valence-corrected chi connectivity index (χ2v) is 16.3. The quantitative estimate of drug-likeness (QED) is 0.153. The number of aromatic nitrogens is 3. The van der Waals surface area contributed by atoms with Crippen molar-refractivity contribution in [2.24, 2.45) is 0 Å². The van der Waals surface area contributed by atoms with Gasteiger partial charge in [0.1, 0.15) is 11.2 Å². The Hall–Kier alpha value is -8.73. The van der Waals surface area contributed by atoms with Crippen LogP contribution in [0.25, 0.3) is 123 Å². The molecule has 2 aromatic heterocycles. The van der Waals surface area contributed by atoms with E-state index in [9.17, 15) is 0 Å². The predicted molar refractivity (Wildman–Crippen MR) is 268 cm³/mol. The molecule has 0 saturated carbocycles. The van der Waals surface area contributed by atoms with Crippen LogP contribution in [0.3, 0.4) is 0 Å². The number of hydrogen-bond donors (Lipinski definition) is 0. The third-order valence-corrected chi connectivity index (χ3v) is 12.4. The van der Waals surface area contributed by atoms with Gasteiger partial charge < -0.3 is 4.42 Å². The summed E-state index contributed by atoms with van der Waals surface area (Å²) in [4.78, 5) is 15.9. The summed E-state index contributed by atoms with van der Waals surface area (Å²) in [7, 11) is 0. The number of benzene rings is 10. The van der Waals surface area contributed by atoms with E-state index < -0.39 is 0 Å². The number of hydrogen-bond acceptors (Lipinski definition) is 4. The summed E-state index contributed by atoms with van der Waals surface area (Å²) in [6, 6.07) is 82.9. The molecule has 0 aliphatic rings. The van der Waals surface area contributed by atoms with E-state index >= 15 is 0 Å². The normalized spacial score (nSPS) is 11.4. The SMILES string of the molecule is c1ccc(-c2ccc(-c3ccc(-c4nc(-c5cccc6ccc(-c7ccccc7)cc56)nc(-c5cccc6oc7c(-c8cccc(-c9ccccc9)c8)cccc7c56)n4)cc3)cc2)cc1. The summed E-state index contributed by atoms with van der Waals surface area (Å²) in [6.45, 7) is 0. The summed E-state index contributed by atoms with van der Waals surface area (Å²) < 4.78 is 6.80. The maximum atomic E-state index is 6.80. The van der Waals surface area contributed by atoms with Crippen LogP contribution in [0.1, 0.15) is 0 Å². The Labute approximate surface area is 376 Å². The number of furan rings is 1. The van der Waals surface area contributed by atoms with Gasteiger partial charge in [0, 0.05) is 33.0 Å². The molecule has 0 bridgehead atoms. The molecule has 4 nitrogen and oxygen atoms in total. The molecule has 0 spiro atoms. The van der Waals surface area contributed by atoms with E-state index in [4.69, 9.17) is 19.4 Å². The lowest BCUT2D eigenvalue weighted by atomic mass is 9.97. The van der Waals surface area contributed by atoms with Crippen molar-refractivity contribution in [2.75, 3.05) is 0 Å². The molecule has 0 aliphatic carbocycles. The summed E-state index contributed by atoms with van der Waals surface area (Å²) in [5.74, 6) is 1.77. The molecule has 304 valence electrons. The lowest BCUT2D eigenvalue weighted by Gasteiger charge is -2.12. The standard InChI is InChI=1S/C61H39N3O/c1-4-14-40(15-5-1)43-28-30-44(31-29-43)45-32-35-47(36-33-45)59-62-60(52-24-11-20-46-34-37-49(39-55(46)52)42-18-8-3-9-19-42)64-61(63-59)54-26-13-27-56-57(54)53-25-12-23-51(58(53)65-56)50-22-10-21-48(38-50)41-16-6-2-7-17-41/h1-39H. The van der Waals surface area contributed by atoms with E-state index in [0.29, 0.717) is 17.5 Å². The fourth-order valence-corrected chi connectivity index (χ4v) is 9.08. The number of nitrogens with zero attached hydrogens (tertiary/aromatic N) is 3. The number of para-hydroxylation sites is 1. The van der Waals surface area contributed by atoms with Crippen molar-refractivity contribution >= 4 is 32.7 Å². The minimum Gasteiger partial charge on any atom is -0.455 e. The Balaban J connectivity index is 1.01. The minimum absolute atomic E-state index is 0.576. The van der Waals surface area contributed by atoms with Crippen LogP contribution in [-0.4, -0.2) is 15.0 Å². The summed E-state index contributed by atoms with van der Waals surface area (Å²) in [5, 5.41) is 4.15. The molecule has 65 heavy (non-hydrogen) atoms. The van der Waals surface area contributed by atoms with Crippen LogP contribution in [0.15, 0.2) is 241 Å². The Morgan fingerprint density at radius 3 is 1.37 bits per heavy atom. The highest BCUT2D eigenvalue weighted by Crippen LogP contribution is 2.42. The molecule has 0 fully saturated rings. The van der Waals surface area contributed by atoms with Gasteiger partial charge in [-0.25, -0.2) is 15.0 Å². The summed E-state index contributed by atoms with van der Waals surface area (Å²) in [6.07, 6.45) is 0. The zero-order valence-electron chi connectivity index (χ0n) is 35.3. The van der Waals surface area contributed by atoms with Crippen molar-refractivity contribution in [3.8, 4) is 89.8 Å². The Morgan fingerprint density at radius 1 is 0.262 bits per heavy atom. The maximum Gasteiger partial charge on any atom is 0.164 e. The van der Waals surface area contributed by atoms with Gasteiger partial charge in [-0.2, -0.15) is 0 Å². The third kappa shape index (κ3) is 7.13. The highest BCUT2D eigenvalue weighted by molar-refractivity contribution is 6.15. The van der Waals surface area contributed by atoms with Gasteiger partial charge in [-0.15, -0.1) is 0 Å². The van der Waals surface area contributed by atoms with Crippen LogP contribution in [0.2, 0.25) is 0 Å². The van der Waals surface area contributed by atoms with Gasteiger partial charge in [-0.3, -0.25) is 0 Å². The molecule has 12 aromatic rings. The van der Waals surface area contributed by atoms with Crippen molar-refractivity contribution in [2.45, 2.75) is 0 Å². The highest BCUT2D eigenvalue weighted by atomic mass is 16.3. The van der Waals surface area contributed by atoms with E-state index in [1.54, 1.807) is 0 Å². The molecule has 10 aromatic carbocycles. The Morgan fingerprint density at radius 2 is 0.708 bits per heavy atom. The molecule has 0 radical (unpaired) electrons. The lowest BCUT2D eigenvalue weighted by Crippen LogP contribution is -2.01. The smallest absolute Gasteiger partial charge is 0.164 e. The van der Waals surface area contributed by atoms with E-state index in [-0.39, 0.29) is 0 Å². The zero-order valence-corrected chi connectivity index (χ0v) is 35.3. The second kappa shape index (κ2) is 16.2. The molecule has 0 N–H and O–H groups in total. The largest absolute Gasteiger partial charge is 0.455 e. The highest BCUT2D eigenvalue weighted by Gasteiger charge is 2.21. The van der Waals surface area contributed by atoms with E-state index in [0.717, 1.165) is 88.3 Å². The van der Waals surface area contributed by atoms with Crippen LogP contribution in [0.4, 0.5) is 0 Å². The van der Waals surface area contributed by atoms with Gasteiger partial charge in [-0.1, -0.05) is 218 Å². The lowest BCUT2D eigenvalue weighted by molar-refractivity contribution is 0.670. The zero-order chi connectivity index (χ0) is 43.1.